The maximum absolute atomic E-state index is 13.2. The molecule has 146 valence electrons. The molecular weight excluding hydrogens is 346 g/mol. The molecule has 0 saturated heterocycles. The maximum atomic E-state index is 13.2. The Kier molecular flexibility index (Phi) is 5.22. The molecule has 0 unspecified atom stereocenters. The number of fused-ring (bicyclic) bond motifs is 1. The number of carbonyl (C=O) groups excluding carboxylic acids is 1. The number of carboxylic acid groups (broad SMARTS) is 1. The number of carboxylic acids is 1. The lowest BCUT2D eigenvalue weighted by Gasteiger charge is -2.21. The van der Waals surface area contributed by atoms with Crippen molar-refractivity contribution in [2.45, 2.75) is 59.3 Å². The number of hydrogen-bond acceptors (Lipinski definition) is 5. The molecular formula is C20H27N3O4. The van der Waals surface area contributed by atoms with Gasteiger partial charge in [0.2, 0.25) is 0 Å². The van der Waals surface area contributed by atoms with Crippen molar-refractivity contribution in [3.63, 3.8) is 0 Å². The van der Waals surface area contributed by atoms with Crippen molar-refractivity contribution >= 4 is 23.0 Å². The Morgan fingerprint density at radius 3 is 2.59 bits per heavy atom. The highest BCUT2D eigenvalue weighted by Gasteiger charge is 2.31. The number of carbonyl (C=O) groups is 2. The first-order valence-electron chi connectivity index (χ1n) is 9.50. The Balaban J connectivity index is 2.05. The molecule has 27 heavy (non-hydrogen) atoms. The van der Waals surface area contributed by atoms with Crippen molar-refractivity contribution in [1.82, 2.24) is 15.0 Å². The molecule has 2 aromatic heterocycles. The molecule has 7 nitrogen and oxygen atoms in total. The SMILES string of the molecule is CCN(CCC(=O)O)C(=O)c1cc(C2CC2)nc2onc(CC(C)(C)C)c12. The first kappa shape index (κ1) is 19.3. The largest absolute Gasteiger partial charge is 0.481 e. The smallest absolute Gasteiger partial charge is 0.305 e. The first-order valence-corrected chi connectivity index (χ1v) is 9.50. The first-order chi connectivity index (χ1) is 12.7. The van der Waals surface area contributed by atoms with E-state index >= 15 is 0 Å². The van der Waals surface area contributed by atoms with Crippen LogP contribution in [0.3, 0.4) is 0 Å². The van der Waals surface area contributed by atoms with Gasteiger partial charge in [0.15, 0.2) is 0 Å². The minimum atomic E-state index is -0.918. The van der Waals surface area contributed by atoms with Crippen molar-refractivity contribution in [2.24, 2.45) is 5.41 Å². The highest BCUT2D eigenvalue weighted by molar-refractivity contribution is 6.06. The van der Waals surface area contributed by atoms with Crippen LogP contribution in [0.2, 0.25) is 0 Å². The van der Waals surface area contributed by atoms with Crippen molar-refractivity contribution in [1.29, 1.82) is 0 Å². The van der Waals surface area contributed by atoms with Gasteiger partial charge in [-0.2, -0.15) is 0 Å². The summed E-state index contributed by atoms with van der Waals surface area (Å²) in [5.74, 6) is -0.740. The quantitative estimate of drug-likeness (QED) is 0.796. The molecule has 1 aliphatic rings. The van der Waals surface area contributed by atoms with Gasteiger partial charge in [0.25, 0.3) is 11.6 Å². The summed E-state index contributed by atoms with van der Waals surface area (Å²) < 4.78 is 5.49. The third-order valence-corrected chi connectivity index (χ3v) is 4.73. The van der Waals surface area contributed by atoms with Crippen LogP contribution in [0.25, 0.3) is 11.1 Å². The number of aliphatic carboxylic acids is 1. The van der Waals surface area contributed by atoms with Crippen molar-refractivity contribution < 1.29 is 19.2 Å². The van der Waals surface area contributed by atoms with E-state index in [0.717, 1.165) is 24.2 Å². The van der Waals surface area contributed by atoms with Crippen LogP contribution in [0.4, 0.5) is 0 Å². The average molecular weight is 373 g/mol. The molecule has 3 rings (SSSR count). The Hall–Kier alpha value is -2.44. The molecule has 0 radical (unpaired) electrons. The Bertz CT molecular complexity index is 862. The van der Waals surface area contributed by atoms with E-state index < -0.39 is 5.97 Å². The Morgan fingerprint density at radius 1 is 1.33 bits per heavy atom. The van der Waals surface area contributed by atoms with Crippen molar-refractivity contribution in [3.05, 3.63) is 23.0 Å². The van der Waals surface area contributed by atoms with Gasteiger partial charge in [0, 0.05) is 24.7 Å². The lowest BCUT2D eigenvalue weighted by atomic mass is 9.89. The van der Waals surface area contributed by atoms with Gasteiger partial charge in [-0.3, -0.25) is 9.59 Å². The summed E-state index contributed by atoms with van der Waals surface area (Å²) in [6.45, 7) is 8.77. The summed E-state index contributed by atoms with van der Waals surface area (Å²) in [6, 6.07) is 1.86. The van der Waals surface area contributed by atoms with Gasteiger partial charge < -0.3 is 14.5 Å². The Morgan fingerprint density at radius 2 is 2.04 bits per heavy atom. The second-order valence-corrected chi connectivity index (χ2v) is 8.44. The summed E-state index contributed by atoms with van der Waals surface area (Å²) in [5.41, 5.74) is 2.49. The minimum absolute atomic E-state index is 0.0208. The van der Waals surface area contributed by atoms with E-state index in [1.165, 1.54) is 0 Å². The highest BCUT2D eigenvalue weighted by atomic mass is 16.5. The monoisotopic (exact) mass is 373 g/mol. The van der Waals surface area contributed by atoms with Crippen LogP contribution in [0.15, 0.2) is 10.6 Å². The lowest BCUT2D eigenvalue weighted by Crippen LogP contribution is -2.33. The van der Waals surface area contributed by atoms with Crippen LogP contribution < -0.4 is 0 Å². The van der Waals surface area contributed by atoms with E-state index in [9.17, 15) is 9.59 Å². The van der Waals surface area contributed by atoms with Crippen molar-refractivity contribution in [3.8, 4) is 0 Å². The van der Waals surface area contributed by atoms with Gasteiger partial charge >= 0.3 is 5.97 Å². The van der Waals surface area contributed by atoms with Crippen molar-refractivity contribution in [2.75, 3.05) is 13.1 Å². The molecule has 0 aromatic carbocycles. The minimum Gasteiger partial charge on any atom is -0.481 e. The van der Waals surface area contributed by atoms with Crippen LogP contribution in [0.5, 0.6) is 0 Å². The van der Waals surface area contributed by atoms with E-state index in [-0.39, 0.29) is 24.3 Å². The third kappa shape index (κ3) is 4.46. The standard InChI is InChI=1S/C20H27N3O4/c1-5-23(9-8-16(24)25)19(26)13-10-14(12-6-7-12)21-18-17(13)15(22-27-18)11-20(2,3)4/h10,12H,5-9,11H2,1-4H3,(H,24,25). The van der Waals surface area contributed by atoms with Gasteiger partial charge in [-0.1, -0.05) is 25.9 Å². The van der Waals surface area contributed by atoms with Gasteiger partial charge in [0.1, 0.15) is 0 Å². The topological polar surface area (TPSA) is 96.5 Å². The van der Waals surface area contributed by atoms with Gasteiger partial charge in [-0.15, -0.1) is 0 Å². The summed E-state index contributed by atoms with van der Waals surface area (Å²) in [5, 5.41) is 13.8. The molecule has 0 atom stereocenters. The fourth-order valence-electron chi connectivity index (χ4n) is 3.21. The molecule has 1 aliphatic carbocycles. The van der Waals surface area contributed by atoms with Gasteiger partial charge in [-0.25, -0.2) is 4.98 Å². The van der Waals surface area contributed by atoms with Crippen LogP contribution in [0.1, 0.15) is 74.6 Å². The second-order valence-electron chi connectivity index (χ2n) is 8.44. The number of amides is 1. The molecule has 1 saturated carbocycles. The maximum Gasteiger partial charge on any atom is 0.305 e. The number of rotatable bonds is 7. The number of nitrogens with zero attached hydrogens (tertiary/aromatic N) is 3. The van der Waals surface area contributed by atoms with E-state index in [1.54, 1.807) is 4.90 Å². The van der Waals surface area contributed by atoms with E-state index in [1.807, 2.05) is 13.0 Å². The molecule has 1 N–H and O–H groups in total. The molecule has 7 heteroatoms. The van der Waals surface area contributed by atoms with Gasteiger partial charge in [-0.05, 0) is 37.7 Å². The molecule has 0 bridgehead atoms. The predicted octanol–water partition coefficient (Wildman–Crippen LogP) is 3.63. The normalized spacial score (nSPS) is 14.5. The molecule has 0 spiro atoms. The van der Waals surface area contributed by atoms with Crippen LogP contribution >= 0.6 is 0 Å². The summed E-state index contributed by atoms with van der Waals surface area (Å²) in [6.07, 6.45) is 2.70. The zero-order chi connectivity index (χ0) is 19.8. The molecule has 2 aromatic rings. The zero-order valence-corrected chi connectivity index (χ0v) is 16.4. The summed E-state index contributed by atoms with van der Waals surface area (Å²) in [4.78, 5) is 30.3. The predicted molar refractivity (Wildman–Crippen MR) is 101 cm³/mol. The number of hydrogen-bond donors (Lipinski definition) is 1. The fraction of sp³-hybridized carbons (Fsp3) is 0.600. The van der Waals surface area contributed by atoms with Crippen LogP contribution in [0, 0.1) is 5.41 Å². The summed E-state index contributed by atoms with van der Waals surface area (Å²) in [7, 11) is 0. The van der Waals surface area contributed by atoms with Crippen LogP contribution in [-0.4, -0.2) is 45.1 Å². The number of aromatic nitrogens is 2. The number of pyridine rings is 1. The van der Waals surface area contributed by atoms with Crippen LogP contribution in [-0.2, 0) is 11.2 Å². The van der Waals surface area contributed by atoms with E-state index in [4.69, 9.17) is 9.63 Å². The van der Waals surface area contributed by atoms with Gasteiger partial charge in [0.05, 0.1) is 23.1 Å². The van der Waals surface area contributed by atoms with E-state index in [2.05, 4.69) is 30.9 Å². The lowest BCUT2D eigenvalue weighted by molar-refractivity contribution is -0.137. The fourth-order valence-corrected chi connectivity index (χ4v) is 3.21. The molecule has 2 heterocycles. The molecule has 1 fully saturated rings. The van der Waals surface area contributed by atoms with E-state index in [0.29, 0.717) is 35.5 Å². The average Bonchev–Trinajstić information content (AvgIpc) is 3.36. The Labute approximate surface area is 158 Å². The zero-order valence-electron chi connectivity index (χ0n) is 16.4. The molecule has 1 amide bonds. The highest BCUT2D eigenvalue weighted by Crippen LogP contribution is 2.41. The second kappa shape index (κ2) is 7.29. The molecule has 0 aliphatic heterocycles. The summed E-state index contributed by atoms with van der Waals surface area (Å²) >= 11 is 0. The third-order valence-electron chi connectivity index (χ3n) is 4.73.